The summed E-state index contributed by atoms with van der Waals surface area (Å²) in [6, 6.07) is 8.16. The number of anilines is 2. The highest BCUT2D eigenvalue weighted by atomic mass is 32.2. The van der Waals surface area contributed by atoms with Gasteiger partial charge in [0.15, 0.2) is 5.82 Å². The maximum Gasteiger partial charge on any atom is 0.158 e. The maximum atomic E-state index is 12.0. The highest BCUT2D eigenvalue weighted by Gasteiger charge is 2.38. The van der Waals surface area contributed by atoms with Gasteiger partial charge in [-0.1, -0.05) is 0 Å². The van der Waals surface area contributed by atoms with Gasteiger partial charge < -0.3 is 14.5 Å². The fourth-order valence-electron chi connectivity index (χ4n) is 5.91. The lowest BCUT2D eigenvalue weighted by atomic mass is 9.91. The van der Waals surface area contributed by atoms with Crippen LogP contribution in [0.15, 0.2) is 42.9 Å². The van der Waals surface area contributed by atoms with E-state index in [9.17, 15) is 8.42 Å². The van der Waals surface area contributed by atoms with Gasteiger partial charge in [0, 0.05) is 79.1 Å². The summed E-state index contributed by atoms with van der Waals surface area (Å²) < 4.78 is 31.4. The summed E-state index contributed by atoms with van der Waals surface area (Å²) in [6.07, 6.45) is 10.1. The molecule has 0 amide bonds. The van der Waals surface area contributed by atoms with Crippen molar-refractivity contribution in [2.45, 2.75) is 39.2 Å². The Morgan fingerprint density at radius 1 is 1.05 bits per heavy atom. The van der Waals surface area contributed by atoms with E-state index < -0.39 is 9.84 Å². The number of fused-ring (bicyclic) bond motifs is 1. The molecule has 4 aromatic heterocycles. The molecule has 0 bridgehead atoms. The molecule has 6 heterocycles. The molecule has 0 aromatic carbocycles. The van der Waals surface area contributed by atoms with E-state index in [1.54, 1.807) is 19.5 Å². The van der Waals surface area contributed by atoms with Gasteiger partial charge in [0.05, 0.1) is 35.8 Å². The monoisotopic (exact) mass is 561 g/mol. The lowest BCUT2D eigenvalue weighted by molar-refractivity contribution is 0.341. The average molecular weight is 562 g/mol. The summed E-state index contributed by atoms with van der Waals surface area (Å²) in [5.41, 5.74) is 4.35. The van der Waals surface area contributed by atoms with Crippen LogP contribution in [0.1, 0.15) is 31.9 Å². The number of aryl methyl sites for hydroxylation is 1. The zero-order valence-corrected chi connectivity index (χ0v) is 24.2. The van der Waals surface area contributed by atoms with Crippen molar-refractivity contribution in [2.24, 2.45) is 5.92 Å². The first kappa shape index (κ1) is 26.5. The highest BCUT2D eigenvalue weighted by molar-refractivity contribution is 7.90. The molecule has 2 atom stereocenters. The Hall–Kier alpha value is -3.73. The molecule has 2 aliphatic rings. The van der Waals surface area contributed by atoms with Gasteiger partial charge in [0.1, 0.15) is 21.4 Å². The molecule has 4 aromatic rings. The number of nitrogens with zero attached hydrogens (tertiary/aromatic N) is 7. The number of aromatic nitrogens is 5. The molecule has 2 fully saturated rings. The maximum absolute atomic E-state index is 12.0. The summed E-state index contributed by atoms with van der Waals surface area (Å²) in [4.78, 5) is 18.9. The van der Waals surface area contributed by atoms with Crippen molar-refractivity contribution in [1.82, 2.24) is 24.7 Å². The predicted octanol–water partition coefficient (Wildman–Crippen LogP) is 4.05. The summed E-state index contributed by atoms with van der Waals surface area (Å²) >= 11 is 0. The Labute approximate surface area is 234 Å². The van der Waals surface area contributed by atoms with Crippen LogP contribution >= 0.6 is 0 Å². The molecule has 40 heavy (non-hydrogen) atoms. The molecule has 10 nitrogen and oxygen atoms in total. The zero-order valence-electron chi connectivity index (χ0n) is 23.4. The van der Waals surface area contributed by atoms with Crippen molar-refractivity contribution in [3.8, 4) is 22.8 Å². The van der Waals surface area contributed by atoms with E-state index in [4.69, 9.17) is 19.8 Å². The van der Waals surface area contributed by atoms with Crippen LogP contribution in [0, 0.1) is 12.8 Å². The van der Waals surface area contributed by atoms with Crippen molar-refractivity contribution in [3.05, 3.63) is 48.5 Å². The minimum Gasteiger partial charge on any atom is -0.496 e. The van der Waals surface area contributed by atoms with E-state index in [0.717, 1.165) is 71.1 Å². The fourth-order valence-corrected chi connectivity index (χ4v) is 7.07. The summed E-state index contributed by atoms with van der Waals surface area (Å²) in [5, 5.41) is 5.72. The van der Waals surface area contributed by atoms with Crippen LogP contribution in [-0.2, 0) is 9.84 Å². The van der Waals surface area contributed by atoms with Gasteiger partial charge >= 0.3 is 0 Å². The minimum absolute atomic E-state index is 0.112. The van der Waals surface area contributed by atoms with Gasteiger partial charge in [-0.2, -0.15) is 5.10 Å². The Bertz CT molecular complexity index is 1660. The first-order valence-electron chi connectivity index (χ1n) is 13.8. The lowest BCUT2D eigenvalue weighted by Crippen LogP contribution is -2.57. The van der Waals surface area contributed by atoms with Crippen LogP contribution in [-0.4, -0.2) is 77.9 Å². The van der Waals surface area contributed by atoms with Gasteiger partial charge in [0.25, 0.3) is 0 Å². The van der Waals surface area contributed by atoms with Gasteiger partial charge in [-0.05, 0) is 45.2 Å². The Balaban J connectivity index is 1.45. The van der Waals surface area contributed by atoms with Crippen molar-refractivity contribution in [3.63, 3.8) is 0 Å². The highest BCUT2D eigenvalue weighted by Crippen LogP contribution is 2.36. The van der Waals surface area contributed by atoms with Crippen LogP contribution in [0.5, 0.6) is 5.75 Å². The molecule has 210 valence electrons. The van der Waals surface area contributed by atoms with E-state index in [1.165, 1.54) is 12.7 Å². The summed E-state index contributed by atoms with van der Waals surface area (Å²) in [7, 11) is -1.39. The van der Waals surface area contributed by atoms with E-state index in [2.05, 4.69) is 33.8 Å². The van der Waals surface area contributed by atoms with Crippen LogP contribution in [0.25, 0.3) is 28.0 Å². The van der Waals surface area contributed by atoms with Crippen LogP contribution < -0.4 is 14.5 Å². The molecule has 0 spiro atoms. The molecule has 0 unspecified atom stereocenters. The number of rotatable bonds is 7. The fraction of sp³-hybridized carbons (Fsp3) is 0.448. The Kier molecular flexibility index (Phi) is 6.85. The molecule has 0 aliphatic carbocycles. The molecular formula is C29H35N7O3S. The number of hydrogen-bond donors (Lipinski definition) is 0. The molecule has 2 aliphatic heterocycles. The zero-order chi connectivity index (χ0) is 28.0. The third kappa shape index (κ3) is 4.98. The molecule has 0 radical (unpaired) electrons. The van der Waals surface area contributed by atoms with Gasteiger partial charge in [-0.15, -0.1) is 0 Å². The quantitative estimate of drug-likeness (QED) is 0.330. The largest absolute Gasteiger partial charge is 0.496 e. The van der Waals surface area contributed by atoms with Crippen LogP contribution in [0.2, 0.25) is 0 Å². The molecule has 6 rings (SSSR count). The molecule has 2 saturated heterocycles. The first-order valence-corrected chi connectivity index (χ1v) is 15.8. The van der Waals surface area contributed by atoms with E-state index in [1.807, 2.05) is 29.9 Å². The number of hydrogen-bond acceptors (Lipinski definition) is 9. The average Bonchev–Trinajstić information content (AvgIpc) is 3.39. The minimum atomic E-state index is -3.03. The van der Waals surface area contributed by atoms with E-state index >= 15 is 0 Å². The molecule has 11 heteroatoms. The van der Waals surface area contributed by atoms with Crippen molar-refractivity contribution in [2.75, 3.05) is 48.6 Å². The Morgan fingerprint density at radius 2 is 1.82 bits per heavy atom. The van der Waals surface area contributed by atoms with Crippen LogP contribution in [0.3, 0.4) is 0 Å². The molecular weight excluding hydrogens is 526 g/mol. The third-order valence-corrected chi connectivity index (χ3v) is 9.20. The SMILES string of the molecule is COc1ccncc1-c1cc2c(cnn2-c2cc(N3C[C@H](CS(C)(=O)=O)[C@H]3C)cc(N3CCCCC3)n2)c(C)n1. The number of pyridine rings is 3. The number of sulfone groups is 1. The van der Waals surface area contributed by atoms with Crippen molar-refractivity contribution < 1.29 is 13.2 Å². The van der Waals surface area contributed by atoms with Crippen LogP contribution in [0.4, 0.5) is 11.5 Å². The third-order valence-electron chi connectivity index (χ3n) is 8.17. The lowest BCUT2D eigenvalue weighted by Gasteiger charge is -2.48. The smallest absolute Gasteiger partial charge is 0.158 e. The topological polar surface area (TPSA) is 106 Å². The predicted molar refractivity (Wildman–Crippen MR) is 157 cm³/mol. The second-order valence-electron chi connectivity index (χ2n) is 11.0. The summed E-state index contributed by atoms with van der Waals surface area (Å²) in [5.74, 6) is 2.67. The van der Waals surface area contributed by atoms with Crippen molar-refractivity contribution >= 4 is 32.2 Å². The van der Waals surface area contributed by atoms with Crippen molar-refractivity contribution in [1.29, 1.82) is 0 Å². The number of piperidine rings is 1. The van der Waals surface area contributed by atoms with E-state index in [0.29, 0.717) is 12.3 Å². The second-order valence-corrected chi connectivity index (χ2v) is 13.2. The number of ether oxygens (including phenoxy) is 1. The standard InChI is InChI=1S/C29H35N7O3S/c1-19-23-16-31-36(26(23)14-25(32-19)24-15-30-9-8-27(24)39-3)29-13-22(12-28(33-29)34-10-6-5-7-11-34)35-17-21(20(35)2)18-40(4,37)38/h8-9,12-16,20-21H,5-7,10-11,17-18H2,1-4H3/t20-,21-/m1/s1. The van der Waals surface area contributed by atoms with Gasteiger partial charge in [-0.25, -0.2) is 18.1 Å². The Morgan fingerprint density at radius 3 is 2.55 bits per heavy atom. The number of methoxy groups -OCH3 is 1. The second kappa shape index (κ2) is 10.3. The van der Waals surface area contributed by atoms with Gasteiger partial charge in [-0.3, -0.25) is 9.97 Å². The van der Waals surface area contributed by atoms with E-state index in [-0.39, 0.29) is 17.7 Å². The van der Waals surface area contributed by atoms with Gasteiger partial charge in [0.2, 0.25) is 0 Å². The molecule has 0 saturated carbocycles. The molecule has 0 N–H and O–H groups in total. The normalized spacial score (nSPS) is 19.6. The first-order chi connectivity index (χ1) is 19.2. The summed E-state index contributed by atoms with van der Waals surface area (Å²) in [6.45, 7) is 6.72.